The van der Waals surface area contributed by atoms with Crippen molar-refractivity contribution in [1.82, 2.24) is 4.31 Å². The predicted molar refractivity (Wildman–Crippen MR) is 82.7 cm³/mol. The Morgan fingerprint density at radius 2 is 2.37 bits per heavy atom. The first-order chi connectivity index (χ1) is 8.86. The quantitative estimate of drug-likeness (QED) is 0.890. The van der Waals surface area contributed by atoms with Crippen molar-refractivity contribution in [2.45, 2.75) is 25.3 Å². The zero-order valence-electron chi connectivity index (χ0n) is 10.9. The van der Waals surface area contributed by atoms with Crippen LogP contribution < -0.4 is 5.73 Å². The largest absolute Gasteiger partial charge is 0.323 e. The first kappa shape index (κ1) is 15.4. The molecule has 108 valence electrons. The smallest absolute Gasteiger partial charge is 0.211 e. The van der Waals surface area contributed by atoms with E-state index in [2.05, 4.69) is 15.9 Å². The third-order valence-corrected chi connectivity index (χ3v) is 6.59. The molecular formula is C12H19BrN2O2S2. The lowest BCUT2D eigenvalue weighted by molar-refractivity contribution is 0.247. The first-order valence-corrected chi connectivity index (χ1v) is 9.83. The number of thiophene rings is 1. The number of rotatable bonds is 4. The molecule has 0 saturated carbocycles. The Kier molecular flexibility index (Phi) is 5.05. The SMILES string of the molecule is CS(=O)(=O)N1CCCC(CC(N)c2cc(Br)cs2)C1. The summed E-state index contributed by atoms with van der Waals surface area (Å²) in [7, 11) is -3.07. The lowest BCUT2D eigenvalue weighted by Crippen LogP contribution is -2.40. The third kappa shape index (κ3) is 4.26. The zero-order chi connectivity index (χ0) is 14.0. The molecule has 0 aromatic carbocycles. The van der Waals surface area contributed by atoms with Crippen molar-refractivity contribution in [2.75, 3.05) is 19.3 Å². The molecule has 7 heteroatoms. The maximum atomic E-state index is 11.6. The lowest BCUT2D eigenvalue weighted by Gasteiger charge is -2.32. The summed E-state index contributed by atoms with van der Waals surface area (Å²) in [5.41, 5.74) is 6.22. The second kappa shape index (κ2) is 6.22. The molecule has 1 aromatic rings. The van der Waals surface area contributed by atoms with Crippen LogP contribution in [0.15, 0.2) is 15.9 Å². The van der Waals surface area contributed by atoms with Crippen LogP contribution in [0.5, 0.6) is 0 Å². The number of nitrogens with zero attached hydrogens (tertiary/aromatic N) is 1. The highest BCUT2D eigenvalue weighted by Gasteiger charge is 2.27. The van der Waals surface area contributed by atoms with Crippen molar-refractivity contribution < 1.29 is 8.42 Å². The van der Waals surface area contributed by atoms with Crippen LogP contribution in [0.25, 0.3) is 0 Å². The second-order valence-electron chi connectivity index (χ2n) is 5.14. The molecular weight excluding hydrogens is 348 g/mol. The fourth-order valence-electron chi connectivity index (χ4n) is 2.52. The van der Waals surface area contributed by atoms with Crippen molar-refractivity contribution in [3.63, 3.8) is 0 Å². The van der Waals surface area contributed by atoms with Crippen LogP contribution in [0.1, 0.15) is 30.2 Å². The molecule has 2 N–H and O–H groups in total. The molecule has 2 unspecified atom stereocenters. The molecule has 2 atom stereocenters. The molecule has 1 saturated heterocycles. The van der Waals surface area contributed by atoms with Gasteiger partial charge in [-0.15, -0.1) is 11.3 Å². The second-order valence-corrected chi connectivity index (χ2v) is 8.98. The summed E-state index contributed by atoms with van der Waals surface area (Å²) in [5, 5.41) is 2.03. The van der Waals surface area contributed by atoms with Gasteiger partial charge in [-0.25, -0.2) is 12.7 Å². The summed E-state index contributed by atoms with van der Waals surface area (Å²) in [6, 6.07) is 2.05. The molecule has 2 rings (SSSR count). The van der Waals surface area contributed by atoms with Gasteiger partial charge in [0.05, 0.1) is 6.26 Å². The molecule has 0 radical (unpaired) electrons. The average molecular weight is 367 g/mol. The van der Waals surface area contributed by atoms with Gasteiger partial charge in [0.1, 0.15) is 0 Å². The van der Waals surface area contributed by atoms with E-state index in [0.717, 1.165) is 28.6 Å². The monoisotopic (exact) mass is 366 g/mol. The summed E-state index contributed by atoms with van der Waals surface area (Å²) in [5.74, 6) is 0.361. The van der Waals surface area contributed by atoms with Gasteiger partial charge in [0.25, 0.3) is 0 Å². The van der Waals surface area contributed by atoms with E-state index in [1.165, 1.54) is 6.26 Å². The standard InChI is InChI=1S/C12H19BrN2O2S2/c1-19(16,17)15-4-2-3-9(7-15)5-11(14)12-6-10(13)8-18-12/h6,8-9,11H,2-5,7,14H2,1H3. The molecule has 1 aliphatic rings. The highest BCUT2D eigenvalue weighted by Crippen LogP contribution is 2.31. The molecule has 4 nitrogen and oxygen atoms in total. The van der Waals surface area contributed by atoms with Gasteiger partial charge < -0.3 is 5.73 Å². The van der Waals surface area contributed by atoms with E-state index >= 15 is 0 Å². The van der Waals surface area contributed by atoms with Gasteiger partial charge in [0.15, 0.2) is 0 Å². The maximum Gasteiger partial charge on any atom is 0.211 e. The van der Waals surface area contributed by atoms with E-state index in [9.17, 15) is 8.42 Å². The Morgan fingerprint density at radius 3 is 2.95 bits per heavy atom. The van der Waals surface area contributed by atoms with E-state index in [1.807, 2.05) is 11.4 Å². The number of sulfonamides is 1. The molecule has 0 spiro atoms. The van der Waals surface area contributed by atoms with Crippen molar-refractivity contribution in [3.8, 4) is 0 Å². The maximum absolute atomic E-state index is 11.6. The predicted octanol–water partition coefficient (Wildman–Crippen LogP) is 2.57. The number of piperidine rings is 1. The summed E-state index contributed by atoms with van der Waals surface area (Å²) in [6.45, 7) is 1.26. The molecule has 1 fully saturated rings. The van der Waals surface area contributed by atoms with Crippen LogP contribution in [0.2, 0.25) is 0 Å². The Labute approximate surface area is 127 Å². The lowest BCUT2D eigenvalue weighted by atomic mass is 9.92. The van der Waals surface area contributed by atoms with Gasteiger partial charge in [0, 0.05) is 33.9 Å². The third-order valence-electron chi connectivity index (χ3n) is 3.49. The minimum absolute atomic E-state index is 0.000750. The topological polar surface area (TPSA) is 63.4 Å². The summed E-state index contributed by atoms with van der Waals surface area (Å²) >= 11 is 5.08. The van der Waals surface area contributed by atoms with E-state index in [0.29, 0.717) is 19.0 Å². The van der Waals surface area contributed by atoms with Crippen LogP contribution in [-0.2, 0) is 10.0 Å². The van der Waals surface area contributed by atoms with Crippen molar-refractivity contribution in [1.29, 1.82) is 0 Å². The summed E-state index contributed by atoms with van der Waals surface area (Å²) in [6.07, 6.45) is 4.12. The van der Waals surface area contributed by atoms with Crippen LogP contribution in [0, 0.1) is 5.92 Å². The van der Waals surface area contributed by atoms with Crippen LogP contribution >= 0.6 is 27.3 Å². The Bertz CT molecular complexity index is 530. The van der Waals surface area contributed by atoms with Gasteiger partial charge in [-0.3, -0.25) is 0 Å². The average Bonchev–Trinajstić information content (AvgIpc) is 2.75. The highest BCUT2D eigenvalue weighted by atomic mass is 79.9. The summed E-state index contributed by atoms with van der Waals surface area (Å²) < 4.78 is 25.8. The Hall–Kier alpha value is 0.0500. The van der Waals surface area contributed by atoms with E-state index in [4.69, 9.17) is 5.73 Å². The number of hydrogen-bond donors (Lipinski definition) is 1. The van der Waals surface area contributed by atoms with Gasteiger partial charge >= 0.3 is 0 Å². The van der Waals surface area contributed by atoms with E-state index in [-0.39, 0.29) is 6.04 Å². The highest BCUT2D eigenvalue weighted by molar-refractivity contribution is 9.10. The molecule has 0 amide bonds. The Balaban J connectivity index is 1.95. The fourth-order valence-corrected chi connectivity index (χ4v) is 4.92. The minimum Gasteiger partial charge on any atom is -0.323 e. The van der Waals surface area contributed by atoms with Crippen molar-refractivity contribution in [3.05, 3.63) is 20.8 Å². The van der Waals surface area contributed by atoms with Crippen LogP contribution in [0.4, 0.5) is 0 Å². The molecule has 1 aliphatic heterocycles. The van der Waals surface area contributed by atoms with E-state index < -0.39 is 10.0 Å². The zero-order valence-corrected chi connectivity index (χ0v) is 14.1. The molecule has 1 aromatic heterocycles. The molecule has 19 heavy (non-hydrogen) atoms. The van der Waals surface area contributed by atoms with E-state index in [1.54, 1.807) is 15.6 Å². The normalized spacial score (nSPS) is 23.4. The van der Waals surface area contributed by atoms with Crippen LogP contribution in [0.3, 0.4) is 0 Å². The number of hydrogen-bond acceptors (Lipinski definition) is 4. The van der Waals surface area contributed by atoms with Crippen molar-refractivity contribution in [2.24, 2.45) is 11.7 Å². The van der Waals surface area contributed by atoms with Gasteiger partial charge in [-0.05, 0) is 47.2 Å². The molecule has 0 bridgehead atoms. The number of nitrogens with two attached hydrogens (primary N) is 1. The summed E-state index contributed by atoms with van der Waals surface area (Å²) in [4.78, 5) is 1.16. The first-order valence-electron chi connectivity index (χ1n) is 6.31. The van der Waals surface area contributed by atoms with Crippen LogP contribution in [-0.4, -0.2) is 32.1 Å². The number of halogens is 1. The molecule has 0 aliphatic carbocycles. The van der Waals surface area contributed by atoms with Crippen molar-refractivity contribution >= 4 is 37.3 Å². The molecule has 2 heterocycles. The minimum atomic E-state index is -3.07. The van der Waals surface area contributed by atoms with Gasteiger partial charge in [0.2, 0.25) is 10.0 Å². The Morgan fingerprint density at radius 1 is 1.63 bits per heavy atom. The van der Waals surface area contributed by atoms with Gasteiger partial charge in [-0.1, -0.05) is 0 Å². The van der Waals surface area contributed by atoms with Gasteiger partial charge in [-0.2, -0.15) is 0 Å². The fraction of sp³-hybridized carbons (Fsp3) is 0.667.